The highest BCUT2D eigenvalue weighted by Gasteiger charge is 2.14. The second-order valence-corrected chi connectivity index (χ2v) is 4.76. The van der Waals surface area contributed by atoms with Crippen LogP contribution in [0.2, 0.25) is 0 Å². The molecule has 22 heavy (non-hydrogen) atoms. The minimum absolute atomic E-state index is 0.213. The van der Waals surface area contributed by atoms with Gasteiger partial charge in [0.05, 0.1) is 11.8 Å². The second kappa shape index (κ2) is 6.75. The fraction of sp³-hybridized carbons (Fsp3) is 0.200. The van der Waals surface area contributed by atoms with Crippen LogP contribution in [0.15, 0.2) is 41.0 Å². The largest absolute Gasteiger partial charge is 0.469 e. The maximum atomic E-state index is 13.1. The Kier molecular flexibility index (Phi) is 4.77. The minimum atomic E-state index is -0.515. The molecular formula is C15H16FN3O3. The highest BCUT2D eigenvalue weighted by atomic mass is 19.1. The normalized spacial score (nSPS) is 10.1. The number of aryl methyl sites for hydroxylation is 1. The molecule has 7 heteroatoms. The van der Waals surface area contributed by atoms with Crippen LogP contribution >= 0.6 is 0 Å². The van der Waals surface area contributed by atoms with Gasteiger partial charge in [-0.2, -0.15) is 0 Å². The topological polar surface area (TPSA) is 74.6 Å². The first-order valence-electron chi connectivity index (χ1n) is 6.57. The van der Waals surface area contributed by atoms with Gasteiger partial charge in [0, 0.05) is 13.6 Å². The zero-order valence-electron chi connectivity index (χ0n) is 12.2. The van der Waals surface area contributed by atoms with Crippen LogP contribution in [0.4, 0.5) is 9.18 Å². The van der Waals surface area contributed by atoms with Crippen molar-refractivity contribution >= 4 is 11.9 Å². The second-order valence-electron chi connectivity index (χ2n) is 4.76. The molecule has 6 nitrogen and oxygen atoms in total. The summed E-state index contributed by atoms with van der Waals surface area (Å²) in [5.74, 6) is -0.381. The summed E-state index contributed by atoms with van der Waals surface area (Å²) in [6, 6.07) is 6.94. The Balaban J connectivity index is 1.86. The molecule has 0 atom stereocenters. The van der Waals surface area contributed by atoms with Crippen molar-refractivity contribution in [2.24, 2.45) is 0 Å². The first kappa shape index (κ1) is 15.6. The molecule has 2 aromatic rings. The Morgan fingerprint density at radius 3 is 2.68 bits per heavy atom. The Morgan fingerprint density at radius 1 is 1.27 bits per heavy atom. The monoisotopic (exact) mass is 305 g/mol. The molecule has 3 amide bonds. The van der Waals surface area contributed by atoms with E-state index < -0.39 is 11.9 Å². The van der Waals surface area contributed by atoms with Crippen molar-refractivity contribution in [2.45, 2.75) is 13.5 Å². The lowest BCUT2D eigenvalue weighted by Crippen LogP contribution is -2.47. The van der Waals surface area contributed by atoms with Crippen molar-refractivity contribution in [1.29, 1.82) is 0 Å². The summed E-state index contributed by atoms with van der Waals surface area (Å²) >= 11 is 0. The Bertz CT molecular complexity index is 684. The molecule has 0 aliphatic heterocycles. The van der Waals surface area contributed by atoms with E-state index in [9.17, 15) is 14.0 Å². The predicted molar refractivity (Wildman–Crippen MR) is 77.3 cm³/mol. The number of nitrogens with zero attached hydrogens (tertiary/aromatic N) is 1. The molecule has 0 unspecified atom stereocenters. The van der Waals surface area contributed by atoms with Crippen LogP contribution in [0.5, 0.6) is 0 Å². The van der Waals surface area contributed by atoms with Crippen LogP contribution in [0.3, 0.4) is 0 Å². The highest BCUT2D eigenvalue weighted by Crippen LogP contribution is 2.08. The van der Waals surface area contributed by atoms with Crippen molar-refractivity contribution in [2.75, 3.05) is 7.05 Å². The Hall–Kier alpha value is -2.83. The molecule has 0 spiro atoms. The molecule has 0 radical (unpaired) electrons. The molecular weight excluding hydrogens is 289 g/mol. The number of hydrazine groups is 1. The summed E-state index contributed by atoms with van der Waals surface area (Å²) in [7, 11) is 1.54. The minimum Gasteiger partial charge on any atom is -0.469 e. The van der Waals surface area contributed by atoms with E-state index in [1.54, 1.807) is 19.1 Å². The van der Waals surface area contributed by atoms with E-state index >= 15 is 0 Å². The highest BCUT2D eigenvalue weighted by molar-refractivity contribution is 5.95. The maximum Gasteiger partial charge on any atom is 0.336 e. The Labute approximate surface area is 126 Å². The van der Waals surface area contributed by atoms with Crippen molar-refractivity contribution in [3.05, 3.63) is 59.3 Å². The first-order chi connectivity index (χ1) is 10.5. The zero-order chi connectivity index (χ0) is 16.1. The van der Waals surface area contributed by atoms with Gasteiger partial charge in [0.1, 0.15) is 11.6 Å². The van der Waals surface area contributed by atoms with Crippen LogP contribution in [0, 0.1) is 12.7 Å². The number of hydrogen-bond donors (Lipinski definition) is 2. The third-order valence-electron chi connectivity index (χ3n) is 3.04. The van der Waals surface area contributed by atoms with Crippen LogP contribution in [0.25, 0.3) is 0 Å². The number of halogens is 1. The summed E-state index contributed by atoms with van der Waals surface area (Å²) in [5.41, 5.74) is 5.56. The van der Waals surface area contributed by atoms with Gasteiger partial charge in [-0.3, -0.25) is 10.2 Å². The van der Waals surface area contributed by atoms with Crippen LogP contribution in [-0.2, 0) is 6.54 Å². The fourth-order valence-electron chi connectivity index (χ4n) is 1.87. The van der Waals surface area contributed by atoms with E-state index in [0.717, 1.165) is 0 Å². The molecule has 1 aromatic carbocycles. The molecule has 2 rings (SSSR count). The molecule has 0 aliphatic carbocycles. The average Bonchev–Trinajstić information content (AvgIpc) is 2.90. The number of urea groups is 1. The van der Waals surface area contributed by atoms with Crippen LogP contribution in [0.1, 0.15) is 21.7 Å². The van der Waals surface area contributed by atoms with Crippen LogP contribution in [-0.4, -0.2) is 23.9 Å². The Morgan fingerprint density at radius 2 is 2.05 bits per heavy atom. The van der Waals surface area contributed by atoms with Gasteiger partial charge in [0.15, 0.2) is 0 Å². The van der Waals surface area contributed by atoms with Gasteiger partial charge in [0.2, 0.25) is 0 Å². The van der Waals surface area contributed by atoms with E-state index in [-0.39, 0.29) is 12.4 Å². The summed E-state index contributed by atoms with van der Waals surface area (Å²) in [6.07, 6.45) is 1.39. The number of rotatable bonds is 3. The zero-order valence-corrected chi connectivity index (χ0v) is 12.2. The number of carbonyl (C=O) groups is 2. The van der Waals surface area contributed by atoms with Crippen molar-refractivity contribution in [1.82, 2.24) is 15.8 Å². The molecule has 1 heterocycles. The summed E-state index contributed by atoms with van der Waals surface area (Å²) in [6.45, 7) is 1.86. The molecule has 116 valence electrons. The molecule has 0 saturated carbocycles. The lowest BCUT2D eigenvalue weighted by atomic mass is 10.2. The lowest BCUT2D eigenvalue weighted by molar-refractivity contribution is 0.0929. The van der Waals surface area contributed by atoms with E-state index in [1.807, 2.05) is 0 Å². The van der Waals surface area contributed by atoms with Gasteiger partial charge in [-0.1, -0.05) is 12.1 Å². The van der Waals surface area contributed by atoms with E-state index in [4.69, 9.17) is 4.42 Å². The van der Waals surface area contributed by atoms with Gasteiger partial charge in [-0.05, 0) is 30.7 Å². The van der Waals surface area contributed by atoms with Gasteiger partial charge >= 0.3 is 6.03 Å². The molecule has 0 fully saturated rings. The third-order valence-corrected chi connectivity index (χ3v) is 3.04. The molecule has 0 bridgehead atoms. The van der Waals surface area contributed by atoms with Gasteiger partial charge in [-0.25, -0.2) is 14.6 Å². The number of amides is 3. The van der Waals surface area contributed by atoms with Gasteiger partial charge in [0.25, 0.3) is 5.91 Å². The van der Waals surface area contributed by atoms with Crippen molar-refractivity contribution < 1.29 is 18.4 Å². The number of furan rings is 1. The third kappa shape index (κ3) is 3.85. The molecule has 0 saturated heterocycles. The quantitative estimate of drug-likeness (QED) is 0.854. The van der Waals surface area contributed by atoms with E-state index in [1.165, 1.54) is 36.4 Å². The molecule has 1 aromatic heterocycles. The lowest BCUT2D eigenvalue weighted by Gasteiger charge is -2.18. The average molecular weight is 305 g/mol. The van der Waals surface area contributed by atoms with Gasteiger partial charge < -0.3 is 9.32 Å². The van der Waals surface area contributed by atoms with E-state index in [2.05, 4.69) is 10.9 Å². The summed E-state index contributed by atoms with van der Waals surface area (Å²) in [5, 5.41) is 0. The maximum absolute atomic E-state index is 13.1. The predicted octanol–water partition coefficient (Wildman–Crippen LogP) is 2.21. The number of nitrogens with one attached hydrogen (secondary N) is 2. The van der Waals surface area contributed by atoms with Crippen LogP contribution < -0.4 is 10.9 Å². The summed E-state index contributed by atoms with van der Waals surface area (Å²) in [4.78, 5) is 25.0. The van der Waals surface area contributed by atoms with E-state index in [0.29, 0.717) is 16.9 Å². The fourth-order valence-corrected chi connectivity index (χ4v) is 1.87. The standard InChI is InChI=1S/C15H16FN3O3/c1-10-13(6-7-22-10)14(20)17-18-15(21)19(2)9-11-4-3-5-12(16)8-11/h3-8H,9H2,1-2H3,(H,17,20)(H,18,21). The smallest absolute Gasteiger partial charge is 0.336 e. The van der Waals surface area contributed by atoms with Gasteiger partial charge in [-0.15, -0.1) is 0 Å². The first-order valence-corrected chi connectivity index (χ1v) is 6.57. The molecule has 0 aliphatic rings. The number of hydrogen-bond acceptors (Lipinski definition) is 3. The SMILES string of the molecule is Cc1occc1C(=O)NNC(=O)N(C)Cc1cccc(F)c1. The summed E-state index contributed by atoms with van der Waals surface area (Å²) < 4.78 is 18.1. The number of benzene rings is 1. The van der Waals surface area contributed by atoms with Crippen molar-refractivity contribution in [3.8, 4) is 0 Å². The number of carbonyl (C=O) groups excluding carboxylic acids is 2. The molecule has 2 N–H and O–H groups in total. The van der Waals surface area contributed by atoms with Crippen molar-refractivity contribution in [3.63, 3.8) is 0 Å².